The highest BCUT2D eigenvalue weighted by molar-refractivity contribution is 9.09. The van der Waals surface area contributed by atoms with E-state index in [0.29, 0.717) is 28.0 Å². The molecule has 0 aromatic heterocycles. The number of benzene rings is 1. The highest BCUT2D eigenvalue weighted by atomic mass is 79.9. The van der Waals surface area contributed by atoms with Gasteiger partial charge < -0.3 is 0 Å². The Morgan fingerprint density at radius 1 is 1.29 bits per heavy atom. The van der Waals surface area contributed by atoms with Crippen LogP contribution >= 0.6 is 15.9 Å². The second kappa shape index (κ2) is 4.73. The molecule has 1 aliphatic heterocycles. The van der Waals surface area contributed by atoms with Crippen LogP contribution in [-0.4, -0.2) is 19.0 Å². The summed E-state index contributed by atoms with van der Waals surface area (Å²) in [6.07, 6.45) is 0.716. The summed E-state index contributed by atoms with van der Waals surface area (Å²) >= 11 is 3.72. The van der Waals surface area contributed by atoms with E-state index in [1.165, 1.54) is 0 Å². The van der Waals surface area contributed by atoms with Gasteiger partial charge >= 0.3 is 0 Å². The Balaban J connectivity index is 2.49. The third-order valence-electron chi connectivity index (χ3n) is 3.37. The Bertz CT molecular complexity index is 508. The number of rotatable bonds is 2. The number of sulfone groups is 1. The first-order valence-electron chi connectivity index (χ1n) is 5.89. The molecule has 0 saturated carbocycles. The molecule has 1 aromatic rings. The van der Waals surface area contributed by atoms with E-state index in [-0.39, 0.29) is 5.75 Å². The van der Waals surface area contributed by atoms with E-state index >= 15 is 0 Å². The molecule has 2 nitrogen and oxygen atoms in total. The van der Waals surface area contributed by atoms with E-state index in [2.05, 4.69) is 29.8 Å². The van der Waals surface area contributed by atoms with Crippen molar-refractivity contribution in [2.45, 2.75) is 35.9 Å². The predicted octanol–water partition coefficient (Wildman–Crippen LogP) is 3.37. The molecular weight excluding hydrogens is 300 g/mol. The zero-order valence-electron chi connectivity index (χ0n) is 10.1. The van der Waals surface area contributed by atoms with Crippen molar-refractivity contribution in [2.24, 2.45) is 5.92 Å². The molecule has 17 heavy (non-hydrogen) atoms. The normalized spacial score (nSPS) is 24.4. The Hall–Kier alpha value is -0.350. The fourth-order valence-electron chi connectivity index (χ4n) is 2.41. The van der Waals surface area contributed by atoms with E-state index in [4.69, 9.17) is 0 Å². The number of hydrogen-bond donors (Lipinski definition) is 0. The molecule has 0 aliphatic carbocycles. The summed E-state index contributed by atoms with van der Waals surface area (Å²) in [6.45, 7) is 4.32. The van der Waals surface area contributed by atoms with Crippen molar-refractivity contribution in [3.8, 4) is 0 Å². The smallest absolute Gasteiger partial charge is 0.178 e. The second-order valence-electron chi connectivity index (χ2n) is 4.94. The number of hydrogen-bond acceptors (Lipinski definition) is 2. The largest absolute Gasteiger partial charge is 0.224 e. The molecule has 0 saturated heterocycles. The molecule has 0 fully saturated rings. The van der Waals surface area contributed by atoms with Crippen LogP contribution in [0.15, 0.2) is 29.2 Å². The quantitative estimate of drug-likeness (QED) is 0.784. The highest BCUT2D eigenvalue weighted by Gasteiger charge is 2.34. The van der Waals surface area contributed by atoms with Gasteiger partial charge in [-0.25, -0.2) is 8.42 Å². The fourth-order valence-corrected chi connectivity index (χ4v) is 4.61. The SMILES string of the molecule is CC(C)C(Br)C1CCS(=O)(=O)c2ccccc21. The average Bonchev–Trinajstić information content (AvgIpc) is 2.28. The van der Waals surface area contributed by atoms with Crippen molar-refractivity contribution < 1.29 is 8.42 Å². The van der Waals surface area contributed by atoms with Crippen LogP contribution in [-0.2, 0) is 9.84 Å². The molecule has 94 valence electrons. The van der Waals surface area contributed by atoms with Gasteiger partial charge in [0.15, 0.2) is 9.84 Å². The van der Waals surface area contributed by atoms with Gasteiger partial charge in [-0.15, -0.1) is 0 Å². The lowest BCUT2D eigenvalue weighted by Gasteiger charge is -2.31. The van der Waals surface area contributed by atoms with E-state index in [1.807, 2.05) is 12.1 Å². The van der Waals surface area contributed by atoms with Gasteiger partial charge in [-0.05, 0) is 29.9 Å². The van der Waals surface area contributed by atoms with Gasteiger partial charge in [0.05, 0.1) is 10.6 Å². The molecule has 0 bridgehead atoms. The second-order valence-corrected chi connectivity index (χ2v) is 8.08. The molecule has 0 N–H and O–H groups in total. The minimum atomic E-state index is -3.06. The van der Waals surface area contributed by atoms with Crippen molar-refractivity contribution in [1.29, 1.82) is 0 Å². The van der Waals surface area contributed by atoms with Crippen LogP contribution in [0.2, 0.25) is 0 Å². The van der Waals surface area contributed by atoms with Crippen LogP contribution in [0.4, 0.5) is 0 Å². The summed E-state index contributed by atoms with van der Waals surface area (Å²) in [7, 11) is -3.06. The van der Waals surface area contributed by atoms with Crippen molar-refractivity contribution >= 4 is 25.8 Å². The van der Waals surface area contributed by atoms with Crippen LogP contribution < -0.4 is 0 Å². The topological polar surface area (TPSA) is 34.1 Å². The van der Waals surface area contributed by atoms with Crippen molar-refractivity contribution in [3.05, 3.63) is 29.8 Å². The summed E-state index contributed by atoms with van der Waals surface area (Å²) in [5.41, 5.74) is 0.981. The minimum Gasteiger partial charge on any atom is -0.224 e. The lowest BCUT2D eigenvalue weighted by Crippen LogP contribution is -2.27. The molecule has 0 amide bonds. The van der Waals surface area contributed by atoms with Crippen LogP contribution in [0.1, 0.15) is 31.7 Å². The van der Waals surface area contributed by atoms with E-state index in [0.717, 1.165) is 5.56 Å². The predicted molar refractivity (Wildman–Crippen MR) is 73.4 cm³/mol. The third kappa shape index (κ3) is 2.43. The van der Waals surface area contributed by atoms with Gasteiger partial charge in [-0.1, -0.05) is 48.0 Å². The maximum absolute atomic E-state index is 12.0. The van der Waals surface area contributed by atoms with Crippen LogP contribution in [0, 0.1) is 5.92 Å². The van der Waals surface area contributed by atoms with E-state index < -0.39 is 9.84 Å². The van der Waals surface area contributed by atoms with Gasteiger partial charge in [-0.2, -0.15) is 0 Å². The number of fused-ring (bicyclic) bond motifs is 1. The van der Waals surface area contributed by atoms with Gasteiger partial charge in [-0.3, -0.25) is 0 Å². The van der Waals surface area contributed by atoms with Gasteiger partial charge in [0.2, 0.25) is 0 Å². The Morgan fingerprint density at radius 2 is 1.94 bits per heavy atom. The van der Waals surface area contributed by atoms with Crippen LogP contribution in [0.3, 0.4) is 0 Å². The minimum absolute atomic E-state index is 0.267. The summed E-state index contributed by atoms with van der Waals surface area (Å²) in [6, 6.07) is 7.41. The van der Waals surface area contributed by atoms with Crippen molar-refractivity contribution in [3.63, 3.8) is 0 Å². The van der Waals surface area contributed by atoms with Gasteiger partial charge in [0.1, 0.15) is 0 Å². The molecule has 1 heterocycles. The van der Waals surface area contributed by atoms with Crippen molar-refractivity contribution in [2.75, 3.05) is 5.75 Å². The summed E-state index contributed by atoms with van der Waals surface area (Å²) < 4.78 is 24.0. The number of alkyl halides is 1. The first kappa shape index (κ1) is 13.1. The third-order valence-corrected chi connectivity index (χ3v) is 6.88. The fraction of sp³-hybridized carbons (Fsp3) is 0.538. The average molecular weight is 317 g/mol. The Kier molecular flexibility index (Phi) is 3.64. The van der Waals surface area contributed by atoms with Gasteiger partial charge in [0, 0.05) is 4.83 Å². The molecule has 1 aliphatic rings. The standard InChI is InChI=1S/C13H17BrO2S/c1-9(2)13(14)11-7-8-17(15,16)12-6-4-3-5-10(11)12/h3-6,9,11,13H,7-8H2,1-2H3. The van der Waals surface area contributed by atoms with E-state index in [9.17, 15) is 8.42 Å². The molecule has 0 radical (unpaired) electrons. The molecule has 2 unspecified atom stereocenters. The zero-order valence-corrected chi connectivity index (χ0v) is 12.5. The molecule has 0 spiro atoms. The molecule has 1 aromatic carbocycles. The lowest BCUT2D eigenvalue weighted by molar-refractivity contribution is 0.493. The van der Waals surface area contributed by atoms with E-state index in [1.54, 1.807) is 12.1 Å². The molecule has 4 heteroatoms. The summed E-state index contributed by atoms with van der Waals surface area (Å²) in [5.74, 6) is 1.06. The Morgan fingerprint density at radius 3 is 2.59 bits per heavy atom. The summed E-state index contributed by atoms with van der Waals surface area (Å²) in [4.78, 5) is 0.862. The zero-order chi connectivity index (χ0) is 12.6. The van der Waals surface area contributed by atoms with Crippen LogP contribution in [0.5, 0.6) is 0 Å². The highest BCUT2D eigenvalue weighted by Crippen LogP contribution is 2.40. The monoisotopic (exact) mass is 316 g/mol. The molecule has 2 rings (SSSR count). The van der Waals surface area contributed by atoms with Gasteiger partial charge in [0.25, 0.3) is 0 Å². The molecule has 2 atom stereocenters. The number of halogens is 1. The Labute approximate surface area is 111 Å². The lowest BCUT2D eigenvalue weighted by atomic mass is 9.88. The maximum atomic E-state index is 12.0. The van der Waals surface area contributed by atoms with Crippen molar-refractivity contribution in [1.82, 2.24) is 0 Å². The molecular formula is C13H17BrO2S. The van der Waals surface area contributed by atoms with Crippen LogP contribution in [0.25, 0.3) is 0 Å². The summed E-state index contributed by atoms with van der Waals surface area (Å²) in [5, 5.41) is 0. The first-order valence-corrected chi connectivity index (χ1v) is 8.46. The maximum Gasteiger partial charge on any atom is 0.178 e. The first-order chi connectivity index (χ1) is 7.93.